The van der Waals surface area contributed by atoms with Crippen molar-refractivity contribution in [3.63, 3.8) is 0 Å². The molecule has 2 unspecified atom stereocenters. The third-order valence-electron chi connectivity index (χ3n) is 2.85. The van der Waals surface area contributed by atoms with Gasteiger partial charge in [0.05, 0.1) is 0 Å². The number of rotatable bonds is 3. The smallest absolute Gasteiger partial charge is 0.386 e. The summed E-state index contributed by atoms with van der Waals surface area (Å²) in [6.07, 6.45) is 5.06. The summed E-state index contributed by atoms with van der Waals surface area (Å²) < 4.78 is 15.0. The van der Waals surface area contributed by atoms with Crippen molar-refractivity contribution < 1.29 is 24.2 Å². The Hall–Kier alpha value is -0.575. The Labute approximate surface area is 82.1 Å². The molecule has 2 N–H and O–H groups in total. The molecule has 6 heteroatoms. The molecule has 3 fully saturated rings. The molecule has 0 aromatic carbocycles. The lowest BCUT2D eigenvalue weighted by Gasteiger charge is -2.64. The molecule has 0 radical (unpaired) electrons. The zero-order valence-corrected chi connectivity index (χ0v) is 7.98. The summed E-state index contributed by atoms with van der Waals surface area (Å²) in [4.78, 5) is 0. The predicted molar refractivity (Wildman–Crippen MR) is 46.4 cm³/mol. The third-order valence-corrected chi connectivity index (χ3v) is 2.85. The molecule has 3 aliphatic rings. The lowest BCUT2D eigenvalue weighted by Crippen LogP contribution is -2.86. The van der Waals surface area contributed by atoms with Gasteiger partial charge in [0.2, 0.25) is 0 Å². The van der Waals surface area contributed by atoms with Crippen molar-refractivity contribution in [1.82, 2.24) is 0 Å². The first-order chi connectivity index (χ1) is 6.35. The minimum Gasteiger partial charge on any atom is -0.386 e. The summed E-state index contributed by atoms with van der Waals surface area (Å²) in [5.74, 6) is 0.731. The van der Waals surface area contributed by atoms with E-state index in [1.807, 2.05) is 0 Å². The number of hydrogen-bond donors (Lipinski definition) is 2. The van der Waals surface area contributed by atoms with Crippen LogP contribution in [-0.4, -0.2) is 34.7 Å². The van der Waals surface area contributed by atoms with Gasteiger partial charge in [0, 0.05) is 6.42 Å². The second-order valence-electron chi connectivity index (χ2n) is 3.93. The molecule has 3 heterocycles. The van der Waals surface area contributed by atoms with Gasteiger partial charge in [-0.1, -0.05) is 0 Å². The molecule has 0 spiro atoms. The summed E-state index contributed by atoms with van der Waals surface area (Å²) in [7, 11) is -0.705. The maximum Gasteiger partial charge on any atom is 0.651 e. The summed E-state index contributed by atoms with van der Waals surface area (Å²) in [6, 6.07) is 0. The molecule has 3 aliphatic heterocycles. The highest BCUT2D eigenvalue weighted by Crippen LogP contribution is 2.53. The first kappa shape index (κ1) is 9.96. The Kier molecular flexibility index (Phi) is 1.78. The van der Waals surface area contributed by atoms with Gasteiger partial charge in [-0.2, -0.15) is 0 Å². The second-order valence-corrected chi connectivity index (χ2v) is 3.93. The second kappa shape index (κ2) is 2.51. The van der Waals surface area contributed by atoms with Crippen LogP contribution in [0.4, 0.5) is 0 Å². The van der Waals surface area contributed by atoms with E-state index in [0.717, 1.165) is 0 Å². The van der Waals surface area contributed by atoms with Crippen LogP contribution in [0.5, 0.6) is 0 Å². The molecule has 14 heavy (non-hydrogen) atoms. The molecule has 0 aromatic rings. The van der Waals surface area contributed by atoms with Crippen LogP contribution >= 0.6 is 0 Å². The van der Waals surface area contributed by atoms with E-state index < -0.39 is 24.5 Å². The van der Waals surface area contributed by atoms with Crippen LogP contribution in [0.2, 0.25) is 0 Å². The molecule has 2 bridgehead atoms. The van der Waals surface area contributed by atoms with Crippen LogP contribution in [0.1, 0.15) is 20.3 Å². The zero-order chi connectivity index (χ0) is 10.6. The van der Waals surface area contributed by atoms with Gasteiger partial charge < -0.3 is 24.2 Å². The van der Waals surface area contributed by atoms with Crippen LogP contribution in [0, 0.1) is 12.3 Å². The Bertz CT molecular complexity index is 288. The van der Waals surface area contributed by atoms with E-state index in [2.05, 4.69) is 5.92 Å². The van der Waals surface area contributed by atoms with Crippen LogP contribution in [0.3, 0.4) is 0 Å². The molecule has 2 atom stereocenters. The average molecular weight is 198 g/mol. The average Bonchev–Trinajstić information content (AvgIpc) is 1.77. The van der Waals surface area contributed by atoms with Gasteiger partial charge in [-0.3, -0.25) is 0 Å². The van der Waals surface area contributed by atoms with Gasteiger partial charge in [-0.25, -0.2) is 0 Å². The first-order valence-corrected chi connectivity index (χ1v) is 4.26. The van der Waals surface area contributed by atoms with Crippen molar-refractivity contribution in [3.05, 3.63) is 0 Å². The maximum atomic E-state index is 10.1. The minimum atomic E-state index is -1.71. The fourth-order valence-electron chi connectivity index (χ4n) is 1.45. The highest BCUT2D eigenvalue weighted by atomic mass is 17.1. The van der Waals surface area contributed by atoms with Crippen LogP contribution < -0.4 is 0 Å². The Morgan fingerprint density at radius 3 is 2.14 bits per heavy atom. The molecule has 0 aliphatic carbocycles. The summed E-state index contributed by atoms with van der Waals surface area (Å²) >= 11 is 0. The third kappa shape index (κ3) is 0.936. The molecule has 3 rings (SSSR count). The minimum absolute atomic E-state index is 0.0253. The highest BCUT2D eigenvalue weighted by molar-refractivity contribution is 6.43. The number of terminal acetylenes is 1. The maximum absolute atomic E-state index is 10.1. The summed E-state index contributed by atoms with van der Waals surface area (Å²) in [6.45, 7) is 2.77. The van der Waals surface area contributed by atoms with Gasteiger partial charge in [-0.15, -0.1) is 12.3 Å². The van der Waals surface area contributed by atoms with Gasteiger partial charge in [-0.05, 0) is 13.8 Å². The monoisotopic (exact) mass is 198 g/mol. The fourth-order valence-corrected chi connectivity index (χ4v) is 1.45. The highest BCUT2D eigenvalue weighted by Gasteiger charge is 2.79. The van der Waals surface area contributed by atoms with E-state index in [1.54, 1.807) is 0 Å². The van der Waals surface area contributed by atoms with Crippen molar-refractivity contribution in [3.8, 4) is 12.3 Å². The van der Waals surface area contributed by atoms with Crippen LogP contribution in [0.25, 0.3) is 0 Å². The molecule has 76 valence electrons. The Morgan fingerprint density at radius 2 is 1.86 bits per heavy atom. The van der Waals surface area contributed by atoms with Gasteiger partial charge in [0.25, 0.3) is 5.97 Å². The van der Waals surface area contributed by atoms with Crippen LogP contribution in [-0.2, 0) is 14.0 Å². The van der Waals surface area contributed by atoms with E-state index in [4.69, 9.17) is 20.4 Å². The van der Waals surface area contributed by atoms with Crippen molar-refractivity contribution in [2.24, 2.45) is 0 Å². The first-order valence-electron chi connectivity index (χ1n) is 4.26. The number of hydrogen-bond acceptors (Lipinski definition) is 5. The quantitative estimate of drug-likeness (QED) is 0.460. The summed E-state index contributed by atoms with van der Waals surface area (Å²) in [5, 5.41) is 20.0. The Morgan fingerprint density at radius 1 is 1.36 bits per heavy atom. The SMILES string of the molecule is C#CCC(C)(O)C(C)(O)C12OB(O1)O2. The predicted octanol–water partition coefficient (Wildman–Crippen LogP) is -0.773. The van der Waals surface area contributed by atoms with E-state index in [1.165, 1.54) is 13.8 Å². The van der Waals surface area contributed by atoms with Crippen molar-refractivity contribution in [1.29, 1.82) is 0 Å². The Balaban J connectivity index is 2.18. The molecular weight excluding hydrogens is 187 g/mol. The van der Waals surface area contributed by atoms with Gasteiger partial charge >= 0.3 is 7.32 Å². The van der Waals surface area contributed by atoms with E-state index in [-0.39, 0.29) is 6.42 Å². The van der Waals surface area contributed by atoms with Crippen LogP contribution in [0.15, 0.2) is 0 Å². The molecule has 0 aromatic heterocycles. The van der Waals surface area contributed by atoms with E-state index in [9.17, 15) is 10.2 Å². The topological polar surface area (TPSA) is 68.2 Å². The molecule has 5 nitrogen and oxygen atoms in total. The van der Waals surface area contributed by atoms with Crippen molar-refractivity contribution in [2.45, 2.75) is 37.4 Å². The molecular formula is C8H11BO5. The molecule has 0 saturated carbocycles. The normalized spacial score (nSPS) is 30.4. The standard InChI is InChI=1S/C8H11BO5/c1-4-5-6(2,10)7(3,11)8-12-9(13-8)14-8/h1,10-11H,5H2,2-3H3. The van der Waals surface area contributed by atoms with Crippen molar-refractivity contribution in [2.75, 3.05) is 0 Å². The van der Waals surface area contributed by atoms with Gasteiger partial charge in [0.1, 0.15) is 5.60 Å². The van der Waals surface area contributed by atoms with E-state index >= 15 is 0 Å². The van der Waals surface area contributed by atoms with E-state index in [0.29, 0.717) is 0 Å². The number of aliphatic hydroxyl groups is 2. The zero-order valence-electron chi connectivity index (χ0n) is 7.98. The lowest BCUT2D eigenvalue weighted by atomic mass is 9.76. The fraction of sp³-hybridized carbons (Fsp3) is 0.750. The molecule has 0 amide bonds. The lowest BCUT2D eigenvalue weighted by molar-refractivity contribution is -0.524. The molecule has 3 saturated heterocycles. The summed E-state index contributed by atoms with van der Waals surface area (Å²) in [5.41, 5.74) is -3.24. The largest absolute Gasteiger partial charge is 0.651 e. The van der Waals surface area contributed by atoms with Gasteiger partial charge in [0.15, 0.2) is 5.60 Å². The van der Waals surface area contributed by atoms with Crippen molar-refractivity contribution >= 4 is 7.32 Å².